The molecule has 1 saturated carbocycles. The molecule has 0 atom stereocenters. The second kappa shape index (κ2) is 9.26. The molecule has 0 aromatic heterocycles. The minimum absolute atomic E-state index is 0.0679. The monoisotopic (exact) mass is 448 g/mol. The van der Waals surface area contributed by atoms with Gasteiger partial charge in [-0.1, -0.05) is 46.1 Å². The summed E-state index contributed by atoms with van der Waals surface area (Å²) in [6, 6.07) is 5.21. The summed E-state index contributed by atoms with van der Waals surface area (Å²) in [5.74, 6) is -0.834. The molecular weight excluding hydrogens is 417 g/mol. The molecule has 0 saturated heterocycles. The van der Waals surface area contributed by atoms with Crippen LogP contribution in [0.4, 0.5) is 13.2 Å². The van der Waals surface area contributed by atoms with E-state index in [0.717, 1.165) is 37.0 Å². The molecule has 0 N–H and O–H groups in total. The summed E-state index contributed by atoms with van der Waals surface area (Å²) < 4.78 is 66.6. The average molecular weight is 449 g/mol. The molecular formula is C21H31F3N2O3S. The molecule has 1 aromatic carbocycles. The van der Waals surface area contributed by atoms with Gasteiger partial charge in [0.2, 0.25) is 10.0 Å². The van der Waals surface area contributed by atoms with Gasteiger partial charge >= 0.3 is 6.18 Å². The molecule has 0 unspecified atom stereocenters. The Hall–Kier alpha value is -1.61. The molecule has 1 fully saturated rings. The van der Waals surface area contributed by atoms with Crippen LogP contribution in [0, 0.1) is 5.41 Å². The van der Waals surface area contributed by atoms with Crippen molar-refractivity contribution in [1.29, 1.82) is 0 Å². The standard InChI is InChI=1S/C21H31F3N2O3S/c1-20(2,3)14-26(15-21(22,23)24)19(27)16-9-8-12-18(13-16)30(28,29)25(4)17-10-6-5-7-11-17/h8-9,12-13,17H,5-7,10-11,14-15H2,1-4H3. The third-order valence-corrected chi connectivity index (χ3v) is 7.08. The maximum absolute atomic E-state index is 13.1. The Bertz CT molecular complexity index is 826. The highest BCUT2D eigenvalue weighted by Gasteiger charge is 2.36. The number of sulfonamides is 1. The largest absolute Gasteiger partial charge is 0.406 e. The topological polar surface area (TPSA) is 57.7 Å². The average Bonchev–Trinajstić information content (AvgIpc) is 2.65. The van der Waals surface area contributed by atoms with Crippen LogP contribution in [0.5, 0.6) is 0 Å². The molecule has 1 amide bonds. The Morgan fingerprint density at radius 1 is 1.07 bits per heavy atom. The van der Waals surface area contributed by atoms with E-state index in [-0.39, 0.29) is 23.0 Å². The fourth-order valence-electron chi connectivity index (χ4n) is 3.77. The Morgan fingerprint density at radius 2 is 1.67 bits per heavy atom. The molecule has 0 heterocycles. The van der Waals surface area contributed by atoms with Crippen molar-refractivity contribution in [1.82, 2.24) is 9.21 Å². The molecule has 1 aliphatic rings. The lowest BCUT2D eigenvalue weighted by Gasteiger charge is -2.31. The fraction of sp³-hybridized carbons (Fsp3) is 0.667. The molecule has 1 aromatic rings. The van der Waals surface area contributed by atoms with Crippen molar-refractivity contribution in [2.75, 3.05) is 20.1 Å². The van der Waals surface area contributed by atoms with E-state index in [4.69, 9.17) is 0 Å². The highest BCUT2D eigenvalue weighted by molar-refractivity contribution is 7.89. The molecule has 0 spiro atoms. The molecule has 0 radical (unpaired) electrons. The van der Waals surface area contributed by atoms with Crippen LogP contribution in [0.15, 0.2) is 29.2 Å². The first kappa shape index (κ1) is 24.7. The van der Waals surface area contributed by atoms with Gasteiger partial charge in [0.05, 0.1) is 4.90 Å². The maximum atomic E-state index is 13.1. The number of rotatable bonds is 6. The molecule has 0 aliphatic heterocycles. The van der Waals surface area contributed by atoms with Gasteiger partial charge in [-0.15, -0.1) is 0 Å². The molecule has 2 rings (SSSR count). The van der Waals surface area contributed by atoms with Crippen molar-refractivity contribution in [3.05, 3.63) is 29.8 Å². The fourth-order valence-corrected chi connectivity index (χ4v) is 5.23. The Morgan fingerprint density at radius 3 is 2.20 bits per heavy atom. The van der Waals surface area contributed by atoms with E-state index in [1.54, 1.807) is 20.8 Å². The second-order valence-corrected chi connectivity index (χ2v) is 11.2. The number of alkyl halides is 3. The first-order chi connectivity index (χ1) is 13.7. The van der Waals surface area contributed by atoms with Gasteiger partial charge in [0, 0.05) is 25.2 Å². The Labute approximate surface area is 177 Å². The number of carbonyl (C=O) groups is 1. The van der Waals surface area contributed by atoms with Crippen LogP contribution in [-0.4, -0.2) is 55.9 Å². The van der Waals surface area contributed by atoms with Gasteiger partial charge < -0.3 is 4.90 Å². The summed E-state index contributed by atoms with van der Waals surface area (Å²) in [6.45, 7) is 3.73. The highest BCUT2D eigenvalue weighted by Crippen LogP contribution is 2.28. The number of hydrogen-bond donors (Lipinski definition) is 0. The summed E-state index contributed by atoms with van der Waals surface area (Å²) in [5.41, 5.74) is -0.618. The molecule has 5 nitrogen and oxygen atoms in total. The second-order valence-electron chi connectivity index (χ2n) is 9.18. The number of halogens is 3. The van der Waals surface area contributed by atoms with Crippen molar-refractivity contribution in [2.45, 2.75) is 70.0 Å². The minimum Gasteiger partial charge on any atom is -0.329 e. The van der Waals surface area contributed by atoms with Gasteiger partial charge in [-0.2, -0.15) is 17.5 Å². The minimum atomic E-state index is -4.55. The zero-order valence-corrected chi connectivity index (χ0v) is 18.8. The highest BCUT2D eigenvalue weighted by atomic mass is 32.2. The van der Waals surface area contributed by atoms with Crippen LogP contribution in [-0.2, 0) is 10.0 Å². The predicted molar refractivity (Wildman–Crippen MR) is 110 cm³/mol. The zero-order chi connectivity index (χ0) is 22.7. The number of carbonyl (C=O) groups excluding carboxylic acids is 1. The SMILES string of the molecule is CN(C1CCCCC1)S(=O)(=O)c1cccc(C(=O)N(CC(C)(C)C)CC(F)(F)F)c1. The quantitative estimate of drug-likeness (QED) is 0.634. The van der Waals surface area contributed by atoms with Crippen molar-refractivity contribution in [3.63, 3.8) is 0 Å². The number of amides is 1. The number of nitrogens with zero attached hydrogens (tertiary/aromatic N) is 2. The summed E-state index contributed by atoms with van der Waals surface area (Å²) in [6.07, 6.45) is 0.00604. The third kappa shape index (κ3) is 6.70. The predicted octanol–water partition coefficient (Wildman–Crippen LogP) is 4.69. The maximum Gasteiger partial charge on any atom is 0.406 e. The van der Waals surface area contributed by atoms with Crippen molar-refractivity contribution in [3.8, 4) is 0 Å². The van der Waals surface area contributed by atoms with Crippen LogP contribution in [0.25, 0.3) is 0 Å². The van der Waals surface area contributed by atoms with Gasteiger partial charge in [0.15, 0.2) is 0 Å². The lowest BCUT2D eigenvalue weighted by Crippen LogP contribution is -2.43. The van der Waals surface area contributed by atoms with Crippen molar-refractivity contribution in [2.24, 2.45) is 5.41 Å². The first-order valence-corrected chi connectivity index (χ1v) is 11.6. The van der Waals surface area contributed by atoms with E-state index < -0.39 is 34.1 Å². The molecule has 0 bridgehead atoms. The normalized spacial score (nSPS) is 16.7. The first-order valence-electron chi connectivity index (χ1n) is 10.1. The summed E-state index contributed by atoms with van der Waals surface area (Å²) in [4.78, 5) is 13.5. The Balaban J connectivity index is 2.32. The van der Waals surface area contributed by atoms with Gasteiger partial charge in [0.1, 0.15) is 6.54 Å². The molecule has 9 heteroatoms. The lowest BCUT2D eigenvalue weighted by atomic mass is 9.95. The molecule has 30 heavy (non-hydrogen) atoms. The lowest BCUT2D eigenvalue weighted by molar-refractivity contribution is -0.142. The van der Waals surface area contributed by atoms with Crippen LogP contribution in [0.3, 0.4) is 0 Å². The molecule has 170 valence electrons. The van der Waals surface area contributed by atoms with Crippen molar-refractivity contribution < 1.29 is 26.4 Å². The third-order valence-electron chi connectivity index (χ3n) is 5.17. The van der Waals surface area contributed by atoms with E-state index in [1.807, 2.05) is 0 Å². The van der Waals surface area contributed by atoms with Gasteiger partial charge in [0.25, 0.3) is 5.91 Å². The van der Waals surface area contributed by atoms with E-state index in [1.165, 1.54) is 35.6 Å². The summed E-state index contributed by atoms with van der Waals surface area (Å²) in [5, 5.41) is 0. The summed E-state index contributed by atoms with van der Waals surface area (Å²) >= 11 is 0. The smallest absolute Gasteiger partial charge is 0.329 e. The van der Waals surface area contributed by atoms with Gasteiger partial charge in [-0.3, -0.25) is 4.79 Å². The van der Waals surface area contributed by atoms with Crippen LogP contribution < -0.4 is 0 Å². The van der Waals surface area contributed by atoms with Crippen LogP contribution in [0.2, 0.25) is 0 Å². The Kier molecular flexibility index (Phi) is 7.61. The zero-order valence-electron chi connectivity index (χ0n) is 18.0. The van der Waals surface area contributed by atoms with Gasteiger partial charge in [-0.25, -0.2) is 8.42 Å². The van der Waals surface area contributed by atoms with Crippen LogP contribution in [0.1, 0.15) is 63.2 Å². The van der Waals surface area contributed by atoms with Gasteiger partial charge in [-0.05, 0) is 36.5 Å². The number of benzene rings is 1. The van der Waals surface area contributed by atoms with Crippen LogP contribution >= 0.6 is 0 Å². The number of hydrogen-bond acceptors (Lipinski definition) is 3. The van der Waals surface area contributed by atoms with E-state index in [0.29, 0.717) is 0 Å². The molecule has 1 aliphatic carbocycles. The van der Waals surface area contributed by atoms with Crippen molar-refractivity contribution >= 4 is 15.9 Å². The van der Waals surface area contributed by atoms with E-state index >= 15 is 0 Å². The summed E-state index contributed by atoms with van der Waals surface area (Å²) in [7, 11) is -2.33. The van der Waals surface area contributed by atoms with E-state index in [9.17, 15) is 26.4 Å². The van der Waals surface area contributed by atoms with E-state index in [2.05, 4.69) is 0 Å².